The van der Waals surface area contributed by atoms with Gasteiger partial charge in [-0.2, -0.15) is 0 Å². The number of methoxy groups -OCH3 is 1. The quantitative estimate of drug-likeness (QED) is 0.616. The van der Waals surface area contributed by atoms with Crippen molar-refractivity contribution in [2.24, 2.45) is 0 Å². The summed E-state index contributed by atoms with van der Waals surface area (Å²) in [6.45, 7) is 0. The van der Waals surface area contributed by atoms with E-state index in [0.717, 1.165) is 0 Å². The normalized spacial score (nSPS) is 9.89. The fourth-order valence-corrected chi connectivity index (χ4v) is 1.43. The van der Waals surface area contributed by atoms with E-state index in [-0.39, 0.29) is 5.56 Å². The third kappa shape index (κ3) is 2.66. The second-order valence-corrected chi connectivity index (χ2v) is 3.54. The summed E-state index contributed by atoms with van der Waals surface area (Å²) < 4.78 is 23.4. The molecule has 4 heteroatoms. The maximum absolute atomic E-state index is 13.3. The molecule has 2 aromatic carbocycles. The van der Waals surface area contributed by atoms with Crippen molar-refractivity contribution in [3.8, 4) is 11.5 Å². The lowest BCUT2D eigenvalue weighted by molar-refractivity contribution is 0.0730. The van der Waals surface area contributed by atoms with E-state index in [1.54, 1.807) is 37.4 Å². The lowest BCUT2D eigenvalue weighted by Gasteiger charge is -2.05. The number of halogens is 1. The Bertz CT molecular complexity index is 549. The fourth-order valence-electron chi connectivity index (χ4n) is 1.43. The number of rotatable bonds is 3. The van der Waals surface area contributed by atoms with Crippen molar-refractivity contribution in [2.75, 3.05) is 7.11 Å². The van der Waals surface area contributed by atoms with Crippen molar-refractivity contribution < 1.29 is 18.7 Å². The summed E-state index contributed by atoms with van der Waals surface area (Å²) in [6, 6.07) is 12.2. The van der Waals surface area contributed by atoms with Gasteiger partial charge in [0.2, 0.25) is 0 Å². The van der Waals surface area contributed by atoms with Crippen molar-refractivity contribution in [2.45, 2.75) is 0 Å². The Morgan fingerprint density at radius 2 is 1.61 bits per heavy atom. The largest absolute Gasteiger partial charge is 0.497 e. The minimum absolute atomic E-state index is 0.0895. The second kappa shape index (κ2) is 5.31. The first-order valence-electron chi connectivity index (χ1n) is 5.31. The number of carbonyl (C=O) groups excluding carboxylic acids is 1. The van der Waals surface area contributed by atoms with Gasteiger partial charge in [-0.1, -0.05) is 12.1 Å². The highest BCUT2D eigenvalue weighted by Crippen LogP contribution is 2.18. The van der Waals surface area contributed by atoms with E-state index >= 15 is 0 Å². The predicted molar refractivity (Wildman–Crippen MR) is 64.4 cm³/mol. The van der Waals surface area contributed by atoms with Gasteiger partial charge in [0, 0.05) is 0 Å². The lowest BCUT2D eigenvalue weighted by Crippen LogP contribution is -2.10. The average molecular weight is 246 g/mol. The summed E-state index contributed by atoms with van der Waals surface area (Å²) in [7, 11) is 1.54. The Morgan fingerprint density at radius 3 is 2.22 bits per heavy atom. The van der Waals surface area contributed by atoms with E-state index in [4.69, 9.17) is 9.47 Å². The molecule has 0 fully saturated rings. The highest BCUT2D eigenvalue weighted by Gasteiger charge is 2.13. The highest BCUT2D eigenvalue weighted by atomic mass is 19.1. The Hall–Kier alpha value is -2.36. The van der Waals surface area contributed by atoms with Crippen LogP contribution in [0.4, 0.5) is 4.39 Å². The van der Waals surface area contributed by atoms with E-state index in [0.29, 0.717) is 11.5 Å². The molecule has 0 atom stereocenters. The van der Waals surface area contributed by atoms with Gasteiger partial charge in [0.1, 0.15) is 17.3 Å². The summed E-state index contributed by atoms with van der Waals surface area (Å²) >= 11 is 0. The molecule has 2 rings (SSSR count). The minimum atomic E-state index is -0.724. The van der Waals surface area contributed by atoms with Crippen LogP contribution in [-0.4, -0.2) is 13.1 Å². The molecule has 0 amide bonds. The number of ether oxygens (including phenoxy) is 2. The van der Waals surface area contributed by atoms with Crippen LogP contribution < -0.4 is 9.47 Å². The van der Waals surface area contributed by atoms with Gasteiger partial charge in [0.05, 0.1) is 12.7 Å². The van der Waals surface area contributed by atoms with Crippen molar-refractivity contribution >= 4 is 5.97 Å². The number of hydrogen-bond acceptors (Lipinski definition) is 3. The SMILES string of the molecule is COc1ccc(OC(=O)c2ccccc2F)cc1. The van der Waals surface area contributed by atoms with Gasteiger partial charge in [0.15, 0.2) is 0 Å². The van der Waals surface area contributed by atoms with Gasteiger partial charge >= 0.3 is 5.97 Å². The monoisotopic (exact) mass is 246 g/mol. The molecule has 0 N–H and O–H groups in total. The molecule has 0 saturated heterocycles. The molecular weight excluding hydrogens is 235 g/mol. The topological polar surface area (TPSA) is 35.5 Å². The number of hydrogen-bond donors (Lipinski definition) is 0. The summed E-state index contributed by atoms with van der Waals surface area (Å²) in [6.07, 6.45) is 0. The number of carbonyl (C=O) groups is 1. The Balaban J connectivity index is 2.14. The van der Waals surface area contributed by atoms with Gasteiger partial charge in [-0.05, 0) is 36.4 Å². The molecule has 0 bridgehead atoms. The molecule has 0 aliphatic rings. The average Bonchev–Trinajstić information content (AvgIpc) is 2.40. The number of benzene rings is 2. The van der Waals surface area contributed by atoms with Crippen molar-refractivity contribution in [1.29, 1.82) is 0 Å². The zero-order valence-electron chi connectivity index (χ0n) is 9.72. The molecule has 0 aromatic heterocycles. The van der Waals surface area contributed by atoms with Crippen LogP contribution in [0.3, 0.4) is 0 Å². The Labute approximate surface area is 104 Å². The maximum atomic E-state index is 13.3. The zero-order valence-corrected chi connectivity index (χ0v) is 9.72. The molecule has 0 radical (unpaired) electrons. The van der Waals surface area contributed by atoms with Crippen molar-refractivity contribution in [1.82, 2.24) is 0 Å². The van der Waals surface area contributed by atoms with Crippen LogP contribution in [0.15, 0.2) is 48.5 Å². The summed E-state index contributed by atoms with van der Waals surface area (Å²) in [5.41, 5.74) is -0.0895. The van der Waals surface area contributed by atoms with Gasteiger partial charge in [-0.15, -0.1) is 0 Å². The summed E-state index contributed by atoms with van der Waals surface area (Å²) in [5.74, 6) is -0.334. The molecule has 0 aliphatic carbocycles. The van der Waals surface area contributed by atoms with Crippen LogP contribution in [-0.2, 0) is 0 Å². The molecular formula is C14H11FO3. The van der Waals surface area contributed by atoms with Crippen LogP contribution in [0, 0.1) is 5.82 Å². The van der Waals surface area contributed by atoms with Crippen LogP contribution in [0.1, 0.15) is 10.4 Å². The van der Waals surface area contributed by atoms with E-state index in [2.05, 4.69) is 0 Å². The second-order valence-electron chi connectivity index (χ2n) is 3.54. The third-order valence-corrected chi connectivity index (χ3v) is 2.36. The summed E-state index contributed by atoms with van der Waals surface area (Å²) in [4.78, 5) is 11.7. The van der Waals surface area contributed by atoms with Crippen LogP contribution in [0.25, 0.3) is 0 Å². The first kappa shape index (κ1) is 12.1. The Kier molecular flexibility index (Phi) is 3.57. The molecule has 92 valence electrons. The van der Waals surface area contributed by atoms with Gasteiger partial charge < -0.3 is 9.47 Å². The fraction of sp³-hybridized carbons (Fsp3) is 0.0714. The maximum Gasteiger partial charge on any atom is 0.346 e. The van der Waals surface area contributed by atoms with Crippen molar-refractivity contribution in [3.05, 3.63) is 59.9 Å². The van der Waals surface area contributed by atoms with Gasteiger partial charge in [-0.25, -0.2) is 9.18 Å². The van der Waals surface area contributed by atoms with E-state index in [9.17, 15) is 9.18 Å². The highest BCUT2D eigenvalue weighted by molar-refractivity contribution is 5.91. The van der Waals surface area contributed by atoms with E-state index in [1.165, 1.54) is 18.2 Å². The van der Waals surface area contributed by atoms with Crippen molar-refractivity contribution in [3.63, 3.8) is 0 Å². The molecule has 0 unspecified atom stereocenters. The van der Waals surface area contributed by atoms with E-state index < -0.39 is 11.8 Å². The molecule has 2 aromatic rings. The van der Waals surface area contributed by atoms with Crippen LogP contribution in [0.2, 0.25) is 0 Å². The van der Waals surface area contributed by atoms with E-state index in [1.807, 2.05) is 0 Å². The van der Waals surface area contributed by atoms with Crippen LogP contribution >= 0.6 is 0 Å². The first-order chi connectivity index (χ1) is 8.70. The summed E-state index contributed by atoms with van der Waals surface area (Å²) in [5, 5.41) is 0. The zero-order chi connectivity index (χ0) is 13.0. The molecule has 3 nitrogen and oxygen atoms in total. The first-order valence-corrected chi connectivity index (χ1v) is 5.31. The third-order valence-electron chi connectivity index (χ3n) is 2.36. The number of esters is 1. The van der Waals surface area contributed by atoms with Gasteiger partial charge in [-0.3, -0.25) is 0 Å². The predicted octanol–water partition coefficient (Wildman–Crippen LogP) is 3.05. The standard InChI is InChI=1S/C14H11FO3/c1-17-10-6-8-11(9-7-10)18-14(16)12-4-2-3-5-13(12)15/h2-9H,1H3. The minimum Gasteiger partial charge on any atom is -0.497 e. The lowest BCUT2D eigenvalue weighted by atomic mass is 10.2. The molecule has 18 heavy (non-hydrogen) atoms. The Morgan fingerprint density at radius 1 is 1.00 bits per heavy atom. The molecule has 0 aliphatic heterocycles. The van der Waals surface area contributed by atoms with Crippen LogP contribution in [0.5, 0.6) is 11.5 Å². The van der Waals surface area contributed by atoms with Gasteiger partial charge in [0.25, 0.3) is 0 Å². The smallest absolute Gasteiger partial charge is 0.346 e. The molecule has 0 heterocycles. The molecule has 0 saturated carbocycles. The molecule has 0 spiro atoms.